The maximum absolute atomic E-state index is 13.3. The fourth-order valence-electron chi connectivity index (χ4n) is 4.90. The molecule has 9 nitrogen and oxygen atoms in total. The van der Waals surface area contributed by atoms with Crippen molar-refractivity contribution in [3.63, 3.8) is 0 Å². The van der Waals surface area contributed by atoms with E-state index >= 15 is 0 Å². The molecule has 1 atom stereocenters. The Morgan fingerprint density at radius 3 is 2.50 bits per heavy atom. The number of rotatable bonds is 7. The van der Waals surface area contributed by atoms with Crippen molar-refractivity contribution in [3.8, 4) is 17.3 Å². The summed E-state index contributed by atoms with van der Waals surface area (Å²) in [5.74, 6) is -2.27. The summed E-state index contributed by atoms with van der Waals surface area (Å²) in [6, 6.07) is 22.4. The van der Waals surface area contributed by atoms with Gasteiger partial charge in [-0.1, -0.05) is 60.7 Å². The van der Waals surface area contributed by atoms with Crippen LogP contribution in [0.5, 0.6) is 11.6 Å². The molecular formula is C33H21N3O6. The largest absolute Gasteiger partial charge is 0.506 e. The number of allylic oxidation sites excluding steroid dienone is 2. The number of benzene rings is 3. The Balaban J connectivity index is 1.25. The van der Waals surface area contributed by atoms with Gasteiger partial charge in [0.2, 0.25) is 5.88 Å². The predicted molar refractivity (Wildman–Crippen MR) is 156 cm³/mol. The number of carbonyl (C=O) groups is 3. The normalized spacial score (nSPS) is 14.1. The van der Waals surface area contributed by atoms with Gasteiger partial charge in [-0.15, -0.1) is 5.73 Å². The number of para-hydroxylation sites is 2. The summed E-state index contributed by atoms with van der Waals surface area (Å²) in [5.41, 5.74) is 4.92. The standard InChI is InChI=1S/C33H21N3O6/c37-19-42-32-24(33(41)36(35-32)22-11-4-2-5-12-22)13-6-1-3-9-20-15-16-23-25(17-20)31(40)28(30(23)39)29-27(38)18-21-10-7-8-14-26(21)34-29/h1-5,7-19,28,35,38H/b9-3+. The Hall–Kier alpha value is -6.05. The van der Waals surface area contributed by atoms with Crippen LogP contribution in [-0.4, -0.2) is 37.9 Å². The number of nitrogens with zero attached hydrogens (tertiary/aromatic N) is 2. The minimum absolute atomic E-state index is 0.0213. The van der Waals surface area contributed by atoms with E-state index in [9.17, 15) is 24.3 Å². The van der Waals surface area contributed by atoms with Crippen molar-refractivity contribution in [2.45, 2.75) is 5.92 Å². The van der Waals surface area contributed by atoms with Crippen LogP contribution in [0.1, 0.15) is 43.5 Å². The molecule has 0 radical (unpaired) electrons. The van der Waals surface area contributed by atoms with Crippen LogP contribution >= 0.6 is 0 Å². The van der Waals surface area contributed by atoms with Crippen molar-refractivity contribution in [1.29, 1.82) is 0 Å². The van der Waals surface area contributed by atoms with Gasteiger partial charge in [0, 0.05) is 16.5 Å². The SMILES string of the molecule is O=COc1[nH]n(-c2ccccc2)c(=O)c1C=C=C/C=C/c1ccc2c(c1)C(=O)C(c1nc3ccccc3cc1O)C2=O. The molecule has 0 amide bonds. The van der Waals surface area contributed by atoms with E-state index < -0.39 is 23.0 Å². The Kier molecular flexibility index (Phi) is 6.76. The molecule has 0 aliphatic heterocycles. The molecule has 2 aromatic heterocycles. The minimum atomic E-state index is -1.21. The van der Waals surface area contributed by atoms with Gasteiger partial charge in [0.1, 0.15) is 22.9 Å². The Morgan fingerprint density at radius 2 is 1.69 bits per heavy atom. The van der Waals surface area contributed by atoms with E-state index in [1.165, 1.54) is 16.8 Å². The first-order valence-electron chi connectivity index (χ1n) is 12.9. The van der Waals surface area contributed by atoms with Crippen molar-refractivity contribution in [3.05, 3.63) is 135 Å². The summed E-state index contributed by atoms with van der Waals surface area (Å²) in [4.78, 5) is 54.7. The van der Waals surface area contributed by atoms with Gasteiger partial charge in [0.25, 0.3) is 12.0 Å². The summed E-state index contributed by atoms with van der Waals surface area (Å²) in [7, 11) is 0. The number of hydrogen-bond acceptors (Lipinski definition) is 7. The van der Waals surface area contributed by atoms with Crippen molar-refractivity contribution in [2.24, 2.45) is 0 Å². The van der Waals surface area contributed by atoms with Crippen molar-refractivity contribution < 1.29 is 24.2 Å². The first-order chi connectivity index (χ1) is 20.5. The molecular weight excluding hydrogens is 534 g/mol. The van der Waals surface area contributed by atoms with Crippen LogP contribution in [0.3, 0.4) is 0 Å². The third-order valence-corrected chi connectivity index (χ3v) is 6.89. The van der Waals surface area contributed by atoms with Gasteiger partial charge in [-0.2, -0.15) is 0 Å². The van der Waals surface area contributed by atoms with Crippen LogP contribution in [0, 0.1) is 0 Å². The number of aromatic nitrogens is 3. The second-order valence-corrected chi connectivity index (χ2v) is 9.43. The minimum Gasteiger partial charge on any atom is -0.506 e. The smallest absolute Gasteiger partial charge is 0.299 e. The second-order valence-electron chi connectivity index (χ2n) is 9.43. The Bertz CT molecular complexity index is 2050. The highest BCUT2D eigenvalue weighted by atomic mass is 16.5. The van der Waals surface area contributed by atoms with Crippen LogP contribution in [-0.2, 0) is 4.79 Å². The molecule has 9 heteroatoms. The summed E-state index contributed by atoms with van der Waals surface area (Å²) >= 11 is 0. The summed E-state index contributed by atoms with van der Waals surface area (Å²) in [5, 5.41) is 14.0. The van der Waals surface area contributed by atoms with Crippen LogP contribution in [0.2, 0.25) is 0 Å². The number of aromatic amines is 1. The van der Waals surface area contributed by atoms with E-state index in [0.717, 1.165) is 0 Å². The lowest BCUT2D eigenvalue weighted by Gasteiger charge is -2.10. The van der Waals surface area contributed by atoms with Gasteiger partial charge >= 0.3 is 0 Å². The molecule has 1 aliphatic rings. The molecule has 0 bridgehead atoms. The first-order valence-corrected chi connectivity index (χ1v) is 12.9. The van der Waals surface area contributed by atoms with Crippen molar-refractivity contribution in [2.75, 3.05) is 0 Å². The number of H-pyrrole nitrogens is 1. The van der Waals surface area contributed by atoms with Gasteiger partial charge in [-0.3, -0.25) is 24.3 Å². The highest BCUT2D eigenvalue weighted by molar-refractivity contribution is 6.30. The molecule has 1 aliphatic carbocycles. The molecule has 1 unspecified atom stereocenters. The highest BCUT2D eigenvalue weighted by Gasteiger charge is 2.42. The number of pyridine rings is 1. The number of carbonyl (C=O) groups excluding carboxylic acids is 3. The zero-order valence-electron chi connectivity index (χ0n) is 21.9. The van der Waals surface area contributed by atoms with E-state index in [1.54, 1.807) is 78.9 Å². The van der Waals surface area contributed by atoms with Crippen LogP contribution in [0.4, 0.5) is 0 Å². The molecule has 2 N–H and O–H groups in total. The highest BCUT2D eigenvalue weighted by Crippen LogP contribution is 2.38. The summed E-state index contributed by atoms with van der Waals surface area (Å²) < 4.78 is 6.19. The predicted octanol–water partition coefficient (Wildman–Crippen LogP) is 5.00. The Morgan fingerprint density at radius 1 is 0.929 bits per heavy atom. The maximum atomic E-state index is 13.3. The topological polar surface area (TPSA) is 131 Å². The fraction of sp³-hybridized carbons (Fsp3) is 0.0303. The van der Waals surface area contributed by atoms with Crippen molar-refractivity contribution in [1.82, 2.24) is 14.8 Å². The van der Waals surface area contributed by atoms with E-state index in [-0.39, 0.29) is 40.5 Å². The van der Waals surface area contributed by atoms with Crippen LogP contribution in [0.15, 0.2) is 102 Å². The molecule has 204 valence electrons. The number of ketones is 2. The Labute approximate surface area is 238 Å². The number of hydrogen-bond donors (Lipinski definition) is 2. The number of ether oxygens (including phenoxy) is 1. The number of Topliss-reactive ketones (excluding diaryl/α,β-unsaturated/α-hetero) is 2. The monoisotopic (exact) mass is 555 g/mol. The third kappa shape index (κ3) is 4.66. The molecule has 42 heavy (non-hydrogen) atoms. The molecule has 0 saturated heterocycles. The summed E-state index contributed by atoms with van der Waals surface area (Å²) in [6.45, 7) is 0.226. The van der Waals surface area contributed by atoms with E-state index in [1.807, 2.05) is 12.1 Å². The average Bonchev–Trinajstić information content (AvgIpc) is 3.44. The lowest BCUT2D eigenvalue weighted by Crippen LogP contribution is -2.15. The average molecular weight is 556 g/mol. The quantitative estimate of drug-likeness (QED) is 0.125. The lowest BCUT2D eigenvalue weighted by atomic mass is 9.97. The summed E-state index contributed by atoms with van der Waals surface area (Å²) in [6.07, 6.45) is 6.29. The van der Waals surface area contributed by atoms with E-state index in [4.69, 9.17) is 4.74 Å². The van der Waals surface area contributed by atoms with E-state index in [2.05, 4.69) is 15.8 Å². The lowest BCUT2D eigenvalue weighted by molar-refractivity contribution is -0.121. The van der Waals surface area contributed by atoms with E-state index in [0.29, 0.717) is 22.2 Å². The zero-order chi connectivity index (χ0) is 29.2. The van der Waals surface area contributed by atoms with Gasteiger partial charge in [0.05, 0.1) is 11.2 Å². The van der Waals surface area contributed by atoms with Gasteiger partial charge in [0.15, 0.2) is 11.6 Å². The number of fused-ring (bicyclic) bond motifs is 2. The molecule has 2 heterocycles. The first kappa shape index (κ1) is 26.2. The zero-order valence-corrected chi connectivity index (χ0v) is 21.9. The second kappa shape index (κ2) is 10.8. The van der Waals surface area contributed by atoms with Crippen LogP contribution < -0.4 is 10.3 Å². The van der Waals surface area contributed by atoms with Crippen LogP contribution in [0.25, 0.3) is 28.7 Å². The molecule has 5 aromatic rings. The maximum Gasteiger partial charge on any atom is 0.299 e. The molecule has 0 saturated carbocycles. The van der Waals surface area contributed by atoms with Gasteiger partial charge < -0.3 is 9.84 Å². The molecule has 0 spiro atoms. The molecule has 3 aromatic carbocycles. The van der Waals surface area contributed by atoms with Crippen molar-refractivity contribution >= 4 is 41.1 Å². The molecule has 0 fully saturated rings. The number of nitrogens with one attached hydrogen (secondary N) is 1. The van der Waals surface area contributed by atoms with Gasteiger partial charge in [-0.25, -0.2) is 9.67 Å². The third-order valence-electron chi connectivity index (χ3n) is 6.89. The van der Waals surface area contributed by atoms with Gasteiger partial charge in [-0.05, 0) is 48.0 Å². The number of aromatic hydroxyl groups is 1. The molecule has 6 rings (SSSR count). The fourth-order valence-corrected chi connectivity index (χ4v) is 4.90.